The van der Waals surface area contributed by atoms with Crippen LogP contribution in [0.15, 0.2) is 12.1 Å². The number of pyridine rings is 1. The number of carbonyl (C=O) groups excluding carboxylic acids is 1. The molecule has 0 aromatic carbocycles. The van der Waals surface area contributed by atoms with E-state index >= 15 is 0 Å². The first-order valence-corrected chi connectivity index (χ1v) is 6.87. The van der Waals surface area contributed by atoms with Gasteiger partial charge in [0, 0.05) is 24.3 Å². The Morgan fingerprint density at radius 2 is 2.42 bits per heavy atom. The second kappa shape index (κ2) is 6.03. The van der Waals surface area contributed by atoms with E-state index in [1.807, 2.05) is 6.92 Å². The van der Waals surface area contributed by atoms with Gasteiger partial charge in [0.1, 0.15) is 5.15 Å². The van der Waals surface area contributed by atoms with Crippen molar-refractivity contribution in [3.63, 3.8) is 0 Å². The Hall–Kier alpha value is -1.60. The lowest BCUT2D eigenvalue weighted by Crippen LogP contribution is -2.39. The summed E-state index contributed by atoms with van der Waals surface area (Å²) in [4.78, 5) is 18.3. The van der Waals surface area contributed by atoms with Crippen LogP contribution in [0.25, 0.3) is 0 Å². The predicted molar refractivity (Wildman–Crippen MR) is 72.9 cm³/mol. The lowest BCUT2D eigenvalue weighted by molar-refractivity contribution is 0.0698. The van der Waals surface area contributed by atoms with Gasteiger partial charge >= 0.3 is 0 Å². The number of halogens is 1. The fraction of sp³-hybridized carbons (Fsp3) is 0.500. The van der Waals surface area contributed by atoms with E-state index in [0.29, 0.717) is 23.8 Å². The largest absolute Gasteiger partial charge is 0.337 e. The van der Waals surface area contributed by atoms with Gasteiger partial charge in [-0.05, 0) is 31.4 Å². The van der Waals surface area contributed by atoms with Gasteiger partial charge in [-0.3, -0.25) is 4.79 Å². The van der Waals surface area contributed by atoms with Crippen molar-refractivity contribution in [2.24, 2.45) is 5.92 Å². The highest BCUT2D eigenvalue weighted by molar-refractivity contribution is 6.29. The van der Waals surface area contributed by atoms with Gasteiger partial charge in [0.25, 0.3) is 5.91 Å². The number of nitrogens with zero attached hydrogens (tertiary/aromatic N) is 3. The maximum atomic E-state index is 12.4. The molecule has 0 saturated carbocycles. The lowest BCUT2D eigenvalue weighted by Gasteiger charge is -2.29. The van der Waals surface area contributed by atoms with Crippen molar-refractivity contribution in [2.45, 2.75) is 26.2 Å². The van der Waals surface area contributed by atoms with Crippen LogP contribution in [0.5, 0.6) is 0 Å². The summed E-state index contributed by atoms with van der Waals surface area (Å²) in [7, 11) is 0. The summed E-state index contributed by atoms with van der Waals surface area (Å²) in [6.07, 6.45) is 2.49. The van der Waals surface area contributed by atoms with Crippen LogP contribution >= 0.6 is 11.6 Å². The van der Waals surface area contributed by atoms with Crippen molar-refractivity contribution in [2.75, 3.05) is 13.1 Å². The van der Waals surface area contributed by atoms with E-state index in [2.05, 4.69) is 11.1 Å². The molecule has 1 aliphatic heterocycles. The van der Waals surface area contributed by atoms with Crippen LogP contribution in [0.4, 0.5) is 0 Å². The minimum Gasteiger partial charge on any atom is -0.337 e. The van der Waals surface area contributed by atoms with E-state index in [1.165, 1.54) is 0 Å². The molecule has 1 aliphatic rings. The van der Waals surface area contributed by atoms with Crippen LogP contribution < -0.4 is 0 Å². The summed E-state index contributed by atoms with van der Waals surface area (Å²) in [6, 6.07) is 5.62. The molecule has 0 spiro atoms. The van der Waals surface area contributed by atoms with Crippen molar-refractivity contribution in [3.8, 4) is 6.07 Å². The highest BCUT2D eigenvalue weighted by atomic mass is 35.5. The third kappa shape index (κ3) is 3.24. The topological polar surface area (TPSA) is 57.0 Å². The monoisotopic (exact) mass is 277 g/mol. The molecule has 0 bridgehead atoms. The molecule has 1 amide bonds. The second-order valence-corrected chi connectivity index (χ2v) is 5.13. The number of nitriles is 1. The molecular formula is C14H16ClN3O. The van der Waals surface area contributed by atoms with Crippen LogP contribution in [-0.2, 0) is 6.42 Å². The number of likely N-dealkylation sites (tertiary alicyclic amines) is 1. The van der Waals surface area contributed by atoms with Crippen LogP contribution in [0.1, 0.15) is 35.8 Å². The van der Waals surface area contributed by atoms with Gasteiger partial charge in [0.15, 0.2) is 0 Å². The summed E-state index contributed by atoms with van der Waals surface area (Å²) in [5.74, 6) is -0.111. The molecule has 0 radical (unpaired) electrons. The normalized spacial score (nSPS) is 19.0. The third-order valence-electron chi connectivity index (χ3n) is 3.35. The minimum absolute atomic E-state index is 0.0549. The van der Waals surface area contributed by atoms with Crippen molar-refractivity contribution < 1.29 is 4.79 Å². The number of hydrogen-bond acceptors (Lipinski definition) is 3. The molecule has 1 saturated heterocycles. The molecule has 2 rings (SSSR count). The first kappa shape index (κ1) is 13.8. The number of aromatic nitrogens is 1. The van der Waals surface area contributed by atoms with Crippen molar-refractivity contribution in [1.82, 2.24) is 9.88 Å². The van der Waals surface area contributed by atoms with E-state index in [1.54, 1.807) is 17.0 Å². The zero-order valence-corrected chi connectivity index (χ0v) is 11.7. The quantitative estimate of drug-likeness (QED) is 0.781. The maximum Gasteiger partial charge on any atom is 0.254 e. The Bertz CT molecular complexity index is 524. The average Bonchev–Trinajstić information content (AvgIpc) is 2.45. The summed E-state index contributed by atoms with van der Waals surface area (Å²) in [5, 5.41) is 9.31. The zero-order chi connectivity index (χ0) is 13.8. The first-order valence-electron chi connectivity index (χ1n) is 6.49. The van der Waals surface area contributed by atoms with Gasteiger partial charge in [-0.15, -0.1) is 0 Å². The number of carbonyl (C=O) groups is 1. The summed E-state index contributed by atoms with van der Waals surface area (Å²) < 4.78 is 0. The van der Waals surface area contributed by atoms with Crippen molar-refractivity contribution >= 4 is 17.5 Å². The maximum absolute atomic E-state index is 12.4. The zero-order valence-electron chi connectivity index (χ0n) is 10.9. The Kier molecular flexibility index (Phi) is 4.39. The standard InChI is InChI=1S/C14H16ClN3O/c1-2-12-6-11(7-13(15)17-12)14(19)18-5-3-4-10(8-16)9-18/h6-7,10H,2-5,9H2,1H3. The van der Waals surface area contributed by atoms with E-state index in [9.17, 15) is 4.79 Å². The highest BCUT2D eigenvalue weighted by Gasteiger charge is 2.24. The van der Waals surface area contributed by atoms with E-state index in [4.69, 9.17) is 16.9 Å². The van der Waals surface area contributed by atoms with Crippen LogP contribution in [-0.4, -0.2) is 28.9 Å². The van der Waals surface area contributed by atoms with Crippen molar-refractivity contribution in [3.05, 3.63) is 28.5 Å². The summed E-state index contributed by atoms with van der Waals surface area (Å²) >= 11 is 5.93. The molecule has 1 aromatic rings. The Morgan fingerprint density at radius 3 is 3.11 bits per heavy atom. The molecule has 2 heterocycles. The number of hydrogen-bond donors (Lipinski definition) is 0. The molecule has 100 valence electrons. The van der Waals surface area contributed by atoms with Gasteiger partial charge < -0.3 is 4.90 Å². The Labute approximate surface area is 118 Å². The van der Waals surface area contributed by atoms with Crippen molar-refractivity contribution in [1.29, 1.82) is 5.26 Å². The van der Waals surface area contributed by atoms with Crippen LogP contribution in [0, 0.1) is 17.2 Å². The molecule has 19 heavy (non-hydrogen) atoms. The SMILES string of the molecule is CCc1cc(C(=O)N2CCCC(C#N)C2)cc(Cl)n1. The van der Waals surface area contributed by atoms with Gasteiger partial charge in [0.05, 0.1) is 12.0 Å². The Morgan fingerprint density at radius 1 is 1.63 bits per heavy atom. The fourth-order valence-corrected chi connectivity index (χ4v) is 2.53. The molecule has 1 aromatic heterocycles. The average molecular weight is 278 g/mol. The van der Waals surface area contributed by atoms with Crippen LogP contribution in [0.3, 0.4) is 0 Å². The van der Waals surface area contributed by atoms with E-state index in [0.717, 1.165) is 25.0 Å². The molecule has 1 fully saturated rings. The van der Waals surface area contributed by atoms with E-state index in [-0.39, 0.29) is 11.8 Å². The van der Waals surface area contributed by atoms with Gasteiger partial charge in [-0.1, -0.05) is 18.5 Å². The second-order valence-electron chi connectivity index (χ2n) is 4.74. The van der Waals surface area contributed by atoms with E-state index < -0.39 is 0 Å². The number of amides is 1. The molecule has 0 N–H and O–H groups in total. The number of aryl methyl sites for hydroxylation is 1. The molecule has 5 heteroatoms. The predicted octanol–water partition coefficient (Wildman–Crippen LogP) is 2.67. The Balaban J connectivity index is 2.19. The minimum atomic E-state index is -0.0565. The van der Waals surface area contributed by atoms with Gasteiger partial charge in [0.2, 0.25) is 0 Å². The number of piperidine rings is 1. The molecule has 4 nitrogen and oxygen atoms in total. The molecular weight excluding hydrogens is 262 g/mol. The third-order valence-corrected chi connectivity index (χ3v) is 3.54. The molecule has 1 unspecified atom stereocenters. The molecule has 0 aliphatic carbocycles. The first-order chi connectivity index (χ1) is 9.13. The highest BCUT2D eigenvalue weighted by Crippen LogP contribution is 2.19. The number of rotatable bonds is 2. The van der Waals surface area contributed by atoms with Crippen LogP contribution in [0.2, 0.25) is 5.15 Å². The molecule has 1 atom stereocenters. The van der Waals surface area contributed by atoms with Gasteiger partial charge in [-0.25, -0.2) is 4.98 Å². The smallest absolute Gasteiger partial charge is 0.254 e. The fourth-order valence-electron chi connectivity index (χ4n) is 2.31. The van der Waals surface area contributed by atoms with Gasteiger partial charge in [-0.2, -0.15) is 5.26 Å². The summed E-state index contributed by atoms with van der Waals surface area (Å²) in [6.45, 7) is 3.19. The summed E-state index contributed by atoms with van der Waals surface area (Å²) in [5.41, 5.74) is 1.38. The lowest BCUT2D eigenvalue weighted by atomic mass is 9.99.